The normalized spacial score (nSPS) is 10.6. The zero-order valence-electron chi connectivity index (χ0n) is 9.91. The molecule has 0 heteroatoms. The Kier molecular flexibility index (Phi) is 4.19. The lowest BCUT2D eigenvalue weighted by molar-refractivity contribution is 0.875. The molecular formula is C14H21. The van der Waals surface area contributed by atoms with Gasteiger partial charge in [-0.05, 0) is 55.0 Å². The molecule has 0 aliphatic heterocycles. The van der Waals surface area contributed by atoms with Gasteiger partial charge in [0.05, 0.1) is 0 Å². The third kappa shape index (κ3) is 2.60. The average molecular weight is 189 g/mol. The summed E-state index contributed by atoms with van der Waals surface area (Å²) < 4.78 is 0. The monoisotopic (exact) mass is 189 g/mol. The highest BCUT2D eigenvalue weighted by Gasteiger charge is 2.04. The Labute approximate surface area is 88.4 Å². The predicted octanol–water partition coefficient (Wildman–Crippen LogP) is 4.01. The van der Waals surface area contributed by atoms with Crippen LogP contribution in [0.3, 0.4) is 0 Å². The number of rotatable bonds is 4. The highest BCUT2D eigenvalue weighted by molar-refractivity contribution is 5.37. The fraction of sp³-hybridized carbons (Fsp3) is 0.571. The van der Waals surface area contributed by atoms with Crippen LogP contribution in [-0.4, -0.2) is 0 Å². The van der Waals surface area contributed by atoms with Crippen LogP contribution in [0.2, 0.25) is 0 Å². The van der Waals surface area contributed by atoms with Crippen molar-refractivity contribution in [2.45, 2.75) is 53.4 Å². The first kappa shape index (κ1) is 11.3. The molecule has 1 aromatic carbocycles. The van der Waals surface area contributed by atoms with E-state index in [2.05, 4.69) is 39.8 Å². The van der Waals surface area contributed by atoms with Gasteiger partial charge in [-0.2, -0.15) is 0 Å². The third-order valence-electron chi connectivity index (χ3n) is 2.69. The zero-order valence-corrected chi connectivity index (χ0v) is 9.91. The molecule has 14 heavy (non-hydrogen) atoms. The summed E-state index contributed by atoms with van der Waals surface area (Å²) in [6, 6.07) is 5.76. The van der Waals surface area contributed by atoms with E-state index in [4.69, 9.17) is 0 Å². The number of benzene rings is 1. The highest BCUT2D eigenvalue weighted by Crippen LogP contribution is 2.19. The van der Waals surface area contributed by atoms with E-state index in [1.807, 2.05) is 0 Å². The van der Waals surface area contributed by atoms with Crippen molar-refractivity contribution in [3.8, 4) is 0 Å². The second-order valence-electron chi connectivity index (χ2n) is 4.08. The van der Waals surface area contributed by atoms with Crippen LogP contribution in [0.25, 0.3) is 0 Å². The minimum Gasteiger partial charge on any atom is -0.0651 e. The Morgan fingerprint density at radius 3 is 2.29 bits per heavy atom. The summed E-state index contributed by atoms with van der Waals surface area (Å²) in [6.45, 7) is 8.86. The molecular weight excluding hydrogens is 168 g/mol. The Bertz CT molecular complexity index is 270. The van der Waals surface area contributed by atoms with Crippen molar-refractivity contribution in [3.63, 3.8) is 0 Å². The second-order valence-corrected chi connectivity index (χ2v) is 4.08. The average Bonchev–Trinajstić information content (AvgIpc) is 2.14. The van der Waals surface area contributed by atoms with Crippen molar-refractivity contribution in [1.29, 1.82) is 0 Å². The molecule has 0 saturated carbocycles. The SMILES string of the molecule is CCCc1[c]c(C)cc(CCC)c1C. The van der Waals surface area contributed by atoms with Gasteiger partial charge in [-0.25, -0.2) is 0 Å². The van der Waals surface area contributed by atoms with E-state index in [1.54, 1.807) is 0 Å². The fourth-order valence-electron chi connectivity index (χ4n) is 1.96. The maximum absolute atomic E-state index is 3.48. The molecule has 77 valence electrons. The Hall–Kier alpha value is -0.780. The van der Waals surface area contributed by atoms with Crippen molar-refractivity contribution < 1.29 is 0 Å². The van der Waals surface area contributed by atoms with Crippen LogP contribution in [0, 0.1) is 19.9 Å². The molecule has 1 radical (unpaired) electrons. The summed E-state index contributed by atoms with van der Waals surface area (Å²) in [5, 5.41) is 0. The van der Waals surface area contributed by atoms with Gasteiger partial charge in [-0.15, -0.1) is 0 Å². The topological polar surface area (TPSA) is 0 Å². The molecule has 0 aliphatic carbocycles. The molecule has 0 amide bonds. The minimum absolute atomic E-state index is 1.17. The van der Waals surface area contributed by atoms with Gasteiger partial charge in [0, 0.05) is 0 Å². The maximum Gasteiger partial charge on any atom is -0.0114 e. The molecule has 0 N–H and O–H groups in total. The fourth-order valence-corrected chi connectivity index (χ4v) is 1.96. The van der Waals surface area contributed by atoms with Crippen molar-refractivity contribution in [1.82, 2.24) is 0 Å². The quantitative estimate of drug-likeness (QED) is 0.671. The van der Waals surface area contributed by atoms with Gasteiger partial charge in [0.1, 0.15) is 0 Å². The van der Waals surface area contributed by atoms with Crippen molar-refractivity contribution in [2.24, 2.45) is 0 Å². The molecule has 0 heterocycles. The number of hydrogen-bond donors (Lipinski definition) is 0. The number of hydrogen-bond acceptors (Lipinski definition) is 0. The molecule has 0 fully saturated rings. The van der Waals surface area contributed by atoms with Crippen molar-refractivity contribution in [3.05, 3.63) is 34.4 Å². The van der Waals surface area contributed by atoms with E-state index < -0.39 is 0 Å². The molecule has 0 spiro atoms. The van der Waals surface area contributed by atoms with Crippen LogP contribution in [0.1, 0.15) is 48.9 Å². The molecule has 0 atom stereocenters. The first-order valence-electron chi connectivity index (χ1n) is 5.70. The van der Waals surface area contributed by atoms with Gasteiger partial charge in [0.25, 0.3) is 0 Å². The summed E-state index contributed by atoms with van der Waals surface area (Å²) in [5.74, 6) is 0. The van der Waals surface area contributed by atoms with Crippen molar-refractivity contribution in [2.75, 3.05) is 0 Å². The van der Waals surface area contributed by atoms with Gasteiger partial charge in [-0.1, -0.05) is 32.8 Å². The lowest BCUT2D eigenvalue weighted by Crippen LogP contribution is -1.97. The van der Waals surface area contributed by atoms with Gasteiger partial charge in [-0.3, -0.25) is 0 Å². The van der Waals surface area contributed by atoms with Crippen LogP contribution in [0.4, 0.5) is 0 Å². The largest absolute Gasteiger partial charge is 0.0651 e. The van der Waals surface area contributed by atoms with Gasteiger partial charge >= 0.3 is 0 Å². The van der Waals surface area contributed by atoms with Crippen LogP contribution >= 0.6 is 0 Å². The molecule has 0 nitrogen and oxygen atoms in total. The predicted molar refractivity (Wildman–Crippen MR) is 62.7 cm³/mol. The van der Waals surface area contributed by atoms with Crippen LogP contribution in [-0.2, 0) is 12.8 Å². The summed E-state index contributed by atoms with van der Waals surface area (Å²) in [5.41, 5.74) is 5.71. The Balaban J connectivity index is 3.04. The summed E-state index contributed by atoms with van der Waals surface area (Å²) in [7, 11) is 0. The highest BCUT2D eigenvalue weighted by atomic mass is 14.1. The number of aryl methyl sites for hydroxylation is 3. The van der Waals surface area contributed by atoms with E-state index >= 15 is 0 Å². The second kappa shape index (κ2) is 5.19. The lowest BCUT2D eigenvalue weighted by atomic mass is 9.94. The molecule has 0 aromatic heterocycles. The van der Waals surface area contributed by atoms with E-state index in [9.17, 15) is 0 Å². The first-order chi connectivity index (χ1) is 6.69. The van der Waals surface area contributed by atoms with Gasteiger partial charge < -0.3 is 0 Å². The zero-order chi connectivity index (χ0) is 10.6. The molecule has 0 saturated heterocycles. The summed E-state index contributed by atoms with van der Waals surface area (Å²) >= 11 is 0. The van der Waals surface area contributed by atoms with Gasteiger partial charge in [0.2, 0.25) is 0 Å². The maximum atomic E-state index is 3.48. The Morgan fingerprint density at radius 2 is 1.71 bits per heavy atom. The molecule has 0 aliphatic rings. The molecule has 0 unspecified atom stereocenters. The molecule has 1 rings (SSSR count). The minimum atomic E-state index is 1.17. The summed E-state index contributed by atoms with van der Waals surface area (Å²) in [4.78, 5) is 0. The van der Waals surface area contributed by atoms with E-state index in [0.717, 1.165) is 0 Å². The van der Waals surface area contributed by atoms with Crippen LogP contribution < -0.4 is 0 Å². The first-order valence-corrected chi connectivity index (χ1v) is 5.70. The molecule has 1 aromatic rings. The van der Waals surface area contributed by atoms with Gasteiger partial charge in [0.15, 0.2) is 0 Å². The summed E-state index contributed by atoms with van der Waals surface area (Å²) in [6.07, 6.45) is 4.82. The third-order valence-corrected chi connectivity index (χ3v) is 2.69. The Morgan fingerprint density at radius 1 is 1.07 bits per heavy atom. The van der Waals surface area contributed by atoms with Crippen LogP contribution in [0.15, 0.2) is 6.07 Å². The van der Waals surface area contributed by atoms with E-state index in [1.165, 1.54) is 47.9 Å². The molecule has 0 bridgehead atoms. The smallest absolute Gasteiger partial charge is 0.0114 e. The lowest BCUT2D eigenvalue weighted by Gasteiger charge is -2.11. The standard InChI is InChI=1S/C14H21/c1-5-7-13-9-11(3)10-14(8-6-2)12(13)4/h9H,5-8H2,1-4H3. The van der Waals surface area contributed by atoms with E-state index in [-0.39, 0.29) is 0 Å². The van der Waals surface area contributed by atoms with E-state index in [0.29, 0.717) is 0 Å². The van der Waals surface area contributed by atoms with Crippen LogP contribution in [0.5, 0.6) is 0 Å². The van der Waals surface area contributed by atoms with Crippen molar-refractivity contribution >= 4 is 0 Å².